The molecule has 0 amide bonds. The first-order chi connectivity index (χ1) is 9.99. The van der Waals surface area contributed by atoms with Crippen molar-refractivity contribution in [3.8, 4) is 0 Å². The van der Waals surface area contributed by atoms with Crippen LogP contribution in [0.4, 0.5) is 0 Å². The molecule has 2 aromatic rings. The summed E-state index contributed by atoms with van der Waals surface area (Å²) in [5, 5.41) is 4.63. The van der Waals surface area contributed by atoms with Gasteiger partial charge in [0, 0.05) is 6.20 Å². The van der Waals surface area contributed by atoms with E-state index in [0.29, 0.717) is 10.0 Å². The van der Waals surface area contributed by atoms with Crippen molar-refractivity contribution in [1.29, 1.82) is 0 Å². The van der Waals surface area contributed by atoms with Crippen molar-refractivity contribution in [3.05, 3.63) is 62.9 Å². The lowest BCUT2D eigenvalue weighted by Gasteiger charge is -2.19. The summed E-state index contributed by atoms with van der Waals surface area (Å²) in [4.78, 5) is 4.41. The molecular weight excluding hydrogens is 303 g/mol. The molecule has 1 aromatic carbocycles. The summed E-state index contributed by atoms with van der Waals surface area (Å²) in [6.07, 6.45) is 2.50. The highest BCUT2D eigenvalue weighted by Crippen LogP contribution is 2.26. The minimum Gasteiger partial charge on any atom is -0.309 e. The Morgan fingerprint density at radius 2 is 1.76 bits per heavy atom. The number of rotatable bonds is 5. The predicted octanol–water partition coefficient (Wildman–Crippen LogP) is 4.90. The van der Waals surface area contributed by atoms with Gasteiger partial charge in [0.25, 0.3) is 0 Å². The molecule has 21 heavy (non-hydrogen) atoms. The molecule has 0 aliphatic rings. The zero-order valence-electron chi connectivity index (χ0n) is 12.6. The lowest BCUT2D eigenvalue weighted by molar-refractivity contribution is 0.537. The zero-order chi connectivity index (χ0) is 15.4. The van der Waals surface area contributed by atoms with Crippen LogP contribution in [-0.2, 0) is 6.42 Å². The third-order valence-corrected chi connectivity index (χ3v) is 3.85. The molecule has 0 spiro atoms. The number of nitrogens with zero attached hydrogens (tertiary/aromatic N) is 1. The fourth-order valence-corrected chi connectivity index (χ4v) is 3.13. The molecular formula is C17H20Cl2N2. The second-order valence-corrected chi connectivity index (χ2v) is 6.17. The summed E-state index contributed by atoms with van der Waals surface area (Å²) in [7, 11) is 0. The lowest BCUT2D eigenvalue weighted by Crippen LogP contribution is -2.24. The Hall–Kier alpha value is -1.09. The monoisotopic (exact) mass is 322 g/mol. The van der Waals surface area contributed by atoms with Gasteiger partial charge in [-0.15, -0.1) is 0 Å². The zero-order valence-corrected chi connectivity index (χ0v) is 14.1. The van der Waals surface area contributed by atoms with Crippen molar-refractivity contribution >= 4 is 23.2 Å². The van der Waals surface area contributed by atoms with E-state index in [1.165, 1.54) is 16.7 Å². The average molecular weight is 323 g/mol. The summed E-state index contributed by atoms with van der Waals surface area (Å²) >= 11 is 12.2. The third-order valence-electron chi connectivity index (χ3n) is 3.34. The highest BCUT2D eigenvalue weighted by molar-refractivity contribution is 6.34. The van der Waals surface area contributed by atoms with Crippen LogP contribution in [-0.4, -0.2) is 11.5 Å². The van der Waals surface area contributed by atoms with Crippen molar-refractivity contribution in [2.75, 3.05) is 6.54 Å². The van der Waals surface area contributed by atoms with Crippen LogP contribution in [0.3, 0.4) is 0 Å². The van der Waals surface area contributed by atoms with Gasteiger partial charge in [-0.25, -0.2) is 0 Å². The molecule has 1 aromatic heterocycles. The summed E-state index contributed by atoms with van der Waals surface area (Å²) in [5.74, 6) is 0. The van der Waals surface area contributed by atoms with E-state index >= 15 is 0 Å². The Labute approximate surface area is 136 Å². The molecule has 2 nitrogen and oxygen atoms in total. The number of aryl methyl sites for hydroxylation is 2. The Morgan fingerprint density at radius 1 is 1.10 bits per heavy atom. The van der Waals surface area contributed by atoms with Crippen molar-refractivity contribution in [1.82, 2.24) is 10.3 Å². The van der Waals surface area contributed by atoms with E-state index in [1.54, 1.807) is 12.3 Å². The van der Waals surface area contributed by atoms with Crippen molar-refractivity contribution in [3.63, 3.8) is 0 Å². The SMILES string of the molecule is CCNC(Cc1cc(C)cc(C)c1)c1ncc(Cl)cc1Cl. The van der Waals surface area contributed by atoms with Gasteiger partial charge >= 0.3 is 0 Å². The minimum atomic E-state index is 0.0842. The van der Waals surface area contributed by atoms with Crippen LogP contribution in [0.2, 0.25) is 10.0 Å². The van der Waals surface area contributed by atoms with E-state index in [4.69, 9.17) is 23.2 Å². The first kappa shape index (κ1) is 16.3. The van der Waals surface area contributed by atoms with Crippen molar-refractivity contribution < 1.29 is 0 Å². The molecule has 112 valence electrons. The van der Waals surface area contributed by atoms with Crippen molar-refractivity contribution in [2.45, 2.75) is 33.2 Å². The Bertz CT molecular complexity index is 606. The first-order valence-electron chi connectivity index (χ1n) is 7.11. The smallest absolute Gasteiger partial charge is 0.0763 e. The minimum absolute atomic E-state index is 0.0842. The van der Waals surface area contributed by atoms with Crippen LogP contribution >= 0.6 is 23.2 Å². The summed E-state index contributed by atoms with van der Waals surface area (Å²) < 4.78 is 0. The molecule has 1 unspecified atom stereocenters. The Balaban J connectivity index is 2.30. The summed E-state index contributed by atoms with van der Waals surface area (Å²) in [6.45, 7) is 7.17. The lowest BCUT2D eigenvalue weighted by atomic mass is 9.99. The highest BCUT2D eigenvalue weighted by Gasteiger charge is 2.16. The van der Waals surface area contributed by atoms with Gasteiger partial charge in [-0.3, -0.25) is 4.98 Å². The molecule has 4 heteroatoms. The molecule has 0 aliphatic carbocycles. The maximum Gasteiger partial charge on any atom is 0.0763 e. The Kier molecular flexibility index (Phi) is 5.63. The van der Waals surface area contributed by atoms with E-state index in [-0.39, 0.29) is 6.04 Å². The molecule has 0 bridgehead atoms. The van der Waals surface area contributed by atoms with Gasteiger partial charge in [-0.1, -0.05) is 59.5 Å². The third kappa shape index (κ3) is 4.44. The number of hydrogen-bond acceptors (Lipinski definition) is 2. The van der Waals surface area contributed by atoms with Crippen LogP contribution in [0.15, 0.2) is 30.5 Å². The summed E-state index contributed by atoms with van der Waals surface area (Å²) in [5.41, 5.74) is 4.68. The van der Waals surface area contributed by atoms with Gasteiger partial charge in [0.05, 0.1) is 21.8 Å². The molecule has 0 radical (unpaired) electrons. The van der Waals surface area contributed by atoms with E-state index in [0.717, 1.165) is 18.7 Å². The van der Waals surface area contributed by atoms with Crippen molar-refractivity contribution in [2.24, 2.45) is 0 Å². The molecule has 0 aliphatic heterocycles. The van der Waals surface area contributed by atoms with E-state index in [9.17, 15) is 0 Å². The summed E-state index contributed by atoms with van der Waals surface area (Å²) in [6, 6.07) is 8.43. The van der Waals surface area contributed by atoms with E-state index in [1.807, 2.05) is 0 Å². The van der Waals surface area contributed by atoms with Gasteiger partial charge in [-0.2, -0.15) is 0 Å². The fourth-order valence-electron chi connectivity index (χ4n) is 2.62. The van der Waals surface area contributed by atoms with Crippen LogP contribution in [0.1, 0.15) is 35.3 Å². The van der Waals surface area contributed by atoms with E-state index < -0.39 is 0 Å². The molecule has 1 atom stereocenters. The number of aromatic nitrogens is 1. The standard InChI is InChI=1S/C17H20Cl2N2/c1-4-20-16(17-15(19)9-14(18)10-21-17)8-13-6-11(2)5-12(3)7-13/h5-7,9-10,16,20H,4,8H2,1-3H3. The van der Waals surface area contributed by atoms with Gasteiger partial charge in [-0.05, 0) is 38.4 Å². The number of halogens is 2. The Morgan fingerprint density at radius 3 is 2.33 bits per heavy atom. The van der Waals surface area contributed by atoms with Gasteiger partial charge in [0.1, 0.15) is 0 Å². The maximum atomic E-state index is 6.30. The van der Waals surface area contributed by atoms with E-state index in [2.05, 4.69) is 49.3 Å². The maximum absolute atomic E-state index is 6.30. The highest BCUT2D eigenvalue weighted by atomic mass is 35.5. The number of hydrogen-bond donors (Lipinski definition) is 1. The molecule has 0 fully saturated rings. The van der Waals surface area contributed by atoms with Gasteiger partial charge in [0.2, 0.25) is 0 Å². The fraction of sp³-hybridized carbons (Fsp3) is 0.353. The van der Waals surface area contributed by atoms with Crippen LogP contribution < -0.4 is 5.32 Å². The largest absolute Gasteiger partial charge is 0.309 e. The topological polar surface area (TPSA) is 24.9 Å². The quantitative estimate of drug-likeness (QED) is 0.846. The molecule has 1 N–H and O–H groups in total. The van der Waals surface area contributed by atoms with Crippen LogP contribution in [0, 0.1) is 13.8 Å². The number of pyridine rings is 1. The average Bonchev–Trinajstić information content (AvgIpc) is 2.37. The molecule has 0 saturated heterocycles. The normalized spacial score (nSPS) is 12.4. The molecule has 1 heterocycles. The van der Waals surface area contributed by atoms with Crippen LogP contribution in [0.5, 0.6) is 0 Å². The van der Waals surface area contributed by atoms with Gasteiger partial charge < -0.3 is 5.32 Å². The second kappa shape index (κ2) is 7.26. The van der Waals surface area contributed by atoms with Crippen LogP contribution in [0.25, 0.3) is 0 Å². The number of likely N-dealkylation sites (N-methyl/N-ethyl adjacent to an activating group) is 1. The molecule has 2 rings (SSSR count). The van der Waals surface area contributed by atoms with Gasteiger partial charge in [0.15, 0.2) is 0 Å². The second-order valence-electron chi connectivity index (χ2n) is 5.33. The number of nitrogens with one attached hydrogen (secondary N) is 1. The molecule has 0 saturated carbocycles. The predicted molar refractivity (Wildman–Crippen MR) is 90.3 cm³/mol. The first-order valence-corrected chi connectivity index (χ1v) is 7.86. The number of benzene rings is 1.